The van der Waals surface area contributed by atoms with Crippen LogP contribution in [0.3, 0.4) is 0 Å². The van der Waals surface area contributed by atoms with Crippen LogP contribution < -0.4 is 4.74 Å². The van der Waals surface area contributed by atoms with Crippen LogP contribution in [0.15, 0.2) is 12.1 Å². The summed E-state index contributed by atoms with van der Waals surface area (Å²) in [6, 6.07) is 3.66. The molecule has 1 heterocycles. The zero-order valence-electron chi connectivity index (χ0n) is 11.5. The summed E-state index contributed by atoms with van der Waals surface area (Å²) in [4.78, 5) is 17.3. The first-order valence-electron chi connectivity index (χ1n) is 5.73. The summed E-state index contributed by atoms with van der Waals surface area (Å²) in [6.45, 7) is 5.68. The molecule has 0 aromatic carbocycles. The second kappa shape index (κ2) is 5.35. The Kier molecular flexibility index (Phi) is 4.29. The molecule has 0 spiro atoms. The number of ether oxygens (including phenoxy) is 1. The largest absolute Gasteiger partial charge is 0.497 e. The highest BCUT2D eigenvalue weighted by molar-refractivity contribution is 5.77. The van der Waals surface area contributed by atoms with Gasteiger partial charge in [-0.15, -0.1) is 0 Å². The number of rotatable bonds is 5. The number of aryl methyl sites for hydroxylation is 1. The summed E-state index contributed by atoms with van der Waals surface area (Å²) >= 11 is 0. The number of carboxylic acid groups (broad SMARTS) is 1. The Morgan fingerprint density at radius 2 is 2.11 bits per heavy atom. The molecule has 0 aliphatic rings. The van der Waals surface area contributed by atoms with E-state index in [1.807, 2.05) is 19.1 Å². The molecule has 1 N–H and O–H groups in total. The van der Waals surface area contributed by atoms with Crippen molar-refractivity contribution in [2.75, 3.05) is 14.2 Å². The summed E-state index contributed by atoms with van der Waals surface area (Å²) in [5, 5.41) is 9.16. The first kappa shape index (κ1) is 14.4. The van der Waals surface area contributed by atoms with Gasteiger partial charge in [0.25, 0.3) is 0 Å². The number of likely N-dealkylation sites (N-methyl/N-ethyl adjacent to an activating group) is 1. The van der Waals surface area contributed by atoms with Crippen molar-refractivity contribution in [2.45, 2.75) is 32.9 Å². The van der Waals surface area contributed by atoms with E-state index in [1.54, 1.807) is 32.9 Å². The molecular weight excluding hydrogens is 232 g/mol. The van der Waals surface area contributed by atoms with Crippen molar-refractivity contribution < 1.29 is 14.6 Å². The van der Waals surface area contributed by atoms with Crippen molar-refractivity contribution in [2.24, 2.45) is 0 Å². The molecule has 0 radical (unpaired) electrons. The fourth-order valence-electron chi connectivity index (χ4n) is 1.51. The van der Waals surface area contributed by atoms with E-state index in [0.717, 1.165) is 17.1 Å². The fraction of sp³-hybridized carbons (Fsp3) is 0.538. The van der Waals surface area contributed by atoms with Crippen LogP contribution in [0.1, 0.15) is 25.2 Å². The minimum atomic E-state index is -0.932. The molecule has 0 atom stereocenters. The molecule has 5 nitrogen and oxygen atoms in total. The second-order valence-corrected chi connectivity index (χ2v) is 4.86. The van der Waals surface area contributed by atoms with Gasteiger partial charge in [0.2, 0.25) is 0 Å². The lowest BCUT2D eigenvalue weighted by atomic mass is 10.0. The van der Waals surface area contributed by atoms with Crippen LogP contribution in [-0.4, -0.2) is 40.7 Å². The van der Waals surface area contributed by atoms with Crippen molar-refractivity contribution in [1.82, 2.24) is 9.88 Å². The summed E-state index contributed by atoms with van der Waals surface area (Å²) in [5.74, 6) is -0.122. The third-order valence-corrected chi connectivity index (χ3v) is 3.09. The van der Waals surface area contributed by atoms with E-state index in [0.29, 0.717) is 6.54 Å². The molecule has 0 bridgehead atoms. The van der Waals surface area contributed by atoms with Gasteiger partial charge >= 0.3 is 5.97 Å². The number of carbonyl (C=O) groups is 1. The molecule has 5 heteroatoms. The Morgan fingerprint density at radius 3 is 2.61 bits per heavy atom. The highest BCUT2D eigenvalue weighted by Crippen LogP contribution is 2.18. The Labute approximate surface area is 107 Å². The van der Waals surface area contributed by atoms with Gasteiger partial charge in [-0.05, 0) is 27.8 Å². The molecule has 0 unspecified atom stereocenters. The van der Waals surface area contributed by atoms with Crippen LogP contribution >= 0.6 is 0 Å². The van der Waals surface area contributed by atoms with Crippen molar-refractivity contribution in [3.8, 4) is 5.75 Å². The van der Waals surface area contributed by atoms with Crippen molar-refractivity contribution in [3.05, 3.63) is 23.5 Å². The molecular formula is C13H20N2O3. The molecule has 0 amide bonds. The summed E-state index contributed by atoms with van der Waals surface area (Å²) in [5.41, 5.74) is 0.716. The molecule has 0 saturated carbocycles. The summed E-state index contributed by atoms with van der Waals surface area (Å²) < 4.78 is 5.18. The minimum absolute atomic E-state index is 0.456. The maximum absolute atomic E-state index is 11.2. The third kappa shape index (κ3) is 3.20. The maximum atomic E-state index is 11.2. The summed E-state index contributed by atoms with van der Waals surface area (Å²) in [6.07, 6.45) is 0. The quantitative estimate of drug-likeness (QED) is 0.864. The van der Waals surface area contributed by atoms with Gasteiger partial charge in [-0.2, -0.15) is 0 Å². The number of pyridine rings is 1. The lowest BCUT2D eigenvalue weighted by molar-refractivity contribution is -0.148. The second-order valence-electron chi connectivity index (χ2n) is 4.86. The van der Waals surface area contributed by atoms with E-state index < -0.39 is 11.5 Å². The number of nitrogens with zero attached hydrogens (tertiary/aromatic N) is 2. The lowest BCUT2D eigenvalue weighted by Gasteiger charge is -2.31. The molecule has 0 aliphatic heterocycles. The minimum Gasteiger partial charge on any atom is -0.497 e. The Hall–Kier alpha value is -1.62. The predicted molar refractivity (Wildman–Crippen MR) is 68.7 cm³/mol. The molecule has 1 rings (SSSR count). The smallest absolute Gasteiger partial charge is 0.323 e. The molecule has 0 saturated heterocycles. The normalized spacial score (nSPS) is 11.7. The lowest BCUT2D eigenvalue weighted by Crippen LogP contribution is -2.47. The van der Waals surface area contributed by atoms with Crippen LogP contribution in [-0.2, 0) is 11.3 Å². The molecule has 0 fully saturated rings. The average molecular weight is 252 g/mol. The highest BCUT2D eigenvalue weighted by atomic mass is 16.5. The zero-order valence-corrected chi connectivity index (χ0v) is 11.5. The van der Waals surface area contributed by atoms with E-state index in [4.69, 9.17) is 9.84 Å². The number of methoxy groups -OCH3 is 1. The fourth-order valence-corrected chi connectivity index (χ4v) is 1.51. The molecule has 18 heavy (non-hydrogen) atoms. The van der Waals surface area contributed by atoms with Crippen LogP contribution in [0.4, 0.5) is 0 Å². The number of aromatic nitrogens is 1. The van der Waals surface area contributed by atoms with Crippen LogP contribution in [0.5, 0.6) is 5.75 Å². The Balaban J connectivity index is 2.91. The van der Waals surface area contributed by atoms with Crippen molar-refractivity contribution in [3.63, 3.8) is 0 Å². The number of carboxylic acids is 1. The topological polar surface area (TPSA) is 62.7 Å². The van der Waals surface area contributed by atoms with E-state index in [-0.39, 0.29) is 0 Å². The molecule has 1 aromatic rings. The number of hydrogen-bond acceptors (Lipinski definition) is 4. The van der Waals surface area contributed by atoms with Gasteiger partial charge in [0, 0.05) is 24.4 Å². The number of aliphatic carboxylic acids is 1. The van der Waals surface area contributed by atoms with Gasteiger partial charge in [0.05, 0.1) is 12.8 Å². The third-order valence-electron chi connectivity index (χ3n) is 3.09. The molecule has 100 valence electrons. The maximum Gasteiger partial charge on any atom is 0.323 e. The first-order chi connectivity index (χ1) is 8.27. The van der Waals surface area contributed by atoms with E-state index in [9.17, 15) is 4.79 Å². The van der Waals surface area contributed by atoms with E-state index in [1.165, 1.54) is 0 Å². The zero-order chi connectivity index (χ0) is 13.9. The van der Waals surface area contributed by atoms with Crippen molar-refractivity contribution >= 4 is 5.97 Å². The predicted octanol–water partition coefficient (Wildman–Crippen LogP) is 1.69. The molecule has 1 aromatic heterocycles. The van der Waals surface area contributed by atoms with Crippen LogP contribution in [0, 0.1) is 6.92 Å². The van der Waals surface area contributed by atoms with Gasteiger partial charge < -0.3 is 9.84 Å². The van der Waals surface area contributed by atoms with Gasteiger partial charge in [-0.25, -0.2) is 0 Å². The summed E-state index contributed by atoms with van der Waals surface area (Å²) in [7, 11) is 3.37. The van der Waals surface area contributed by atoms with E-state index in [2.05, 4.69) is 4.98 Å². The van der Waals surface area contributed by atoms with Gasteiger partial charge in [-0.3, -0.25) is 14.7 Å². The number of hydrogen-bond donors (Lipinski definition) is 1. The standard InChI is InChI=1S/C13H20N2O3/c1-9-6-11(18-5)7-10(14-9)8-15(4)13(2,3)12(16)17/h6-7H,8H2,1-5H3,(H,16,17). The van der Waals surface area contributed by atoms with Gasteiger partial charge in [0.15, 0.2) is 0 Å². The van der Waals surface area contributed by atoms with E-state index >= 15 is 0 Å². The Bertz CT molecular complexity index is 444. The van der Waals surface area contributed by atoms with Gasteiger partial charge in [-0.1, -0.05) is 0 Å². The monoisotopic (exact) mass is 252 g/mol. The average Bonchev–Trinajstić information content (AvgIpc) is 2.27. The SMILES string of the molecule is COc1cc(C)nc(CN(C)C(C)(C)C(=O)O)c1. The Morgan fingerprint density at radius 1 is 1.50 bits per heavy atom. The first-order valence-corrected chi connectivity index (χ1v) is 5.73. The highest BCUT2D eigenvalue weighted by Gasteiger charge is 2.32. The van der Waals surface area contributed by atoms with Crippen LogP contribution in [0.25, 0.3) is 0 Å². The molecule has 0 aliphatic carbocycles. The van der Waals surface area contributed by atoms with Crippen molar-refractivity contribution in [1.29, 1.82) is 0 Å². The van der Waals surface area contributed by atoms with Gasteiger partial charge in [0.1, 0.15) is 11.3 Å². The van der Waals surface area contributed by atoms with Crippen LogP contribution in [0.2, 0.25) is 0 Å².